The smallest absolute Gasteiger partial charge is 0.292 e. The maximum absolute atomic E-state index is 13.1. The van der Waals surface area contributed by atoms with Gasteiger partial charge in [-0.2, -0.15) is 13.1 Å². The van der Waals surface area contributed by atoms with E-state index in [-0.39, 0.29) is 42.7 Å². The minimum absolute atomic E-state index is 0.133. The molecule has 0 saturated carbocycles. The van der Waals surface area contributed by atoms with Crippen LogP contribution in [0.25, 0.3) is 22.3 Å². The van der Waals surface area contributed by atoms with E-state index in [0.29, 0.717) is 16.7 Å². The molecule has 4 aromatic rings. The topological polar surface area (TPSA) is 110 Å². The largest absolute Gasteiger partial charge is 0.350 e. The van der Waals surface area contributed by atoms with E-state index in [1.807, 2.05) is 30.3 Å². The van der Waals surface area contributed by atoms with Gasteiger partial charge in [-0.15, -0.1) is 0 Å². The van der Waals surface area contributed by atoms with E-state index in [0.717, 1.165) is 17.3 Å². The summed E-state index contributed by atoms with van der Waals surface area (Å²) in [6, 6.07) is 16.0. The van der Waals surface area contributed by atoms with Crippen LogP contribution in [0, 0.1) is 0 Å². The summed E-state index contributed by atoms with van der Waals surface area (Å²) in [6.45, 7) is 0.874. The molecule has 5 rings (SSSR count). The fourth-order valence-corrected chi connectivity index (χ4v) is 5.71. The van der Waals surface area contributed by atoms with Crippen LogP contribution < -0.4 is 0 Å². The fourth-order valence-electron chi connectivity index (χ4n) is 3.54. The number of benzene rings is 2. The highest BCUT2D eigenvalue weighted by molar-refractivity contribution is 7.89. The summed E-state index contributed by atoms with van der Waals surface area (Å²) in [6.07, 6.45) is 0. The molecular formula is C20H17N5O4S2. The Balaban J connectivity index is 1.30. The summed E-state index contributed by atoms with van der Waals surface area (Å²) in [4.78, 5) is 14.5. The predicted octanol–water partition coefficient (Wildman–Crippen LogP) is 2.49. The quantitative estimate of drug-likeness (QED) is 0.465. The molecule has 0 atom stereocenters. The van der Waals surface area contributed by atoms with E-state index in [9.17, 15) is 13.2 Å². The van der Waals surface area contributed by atoms with Gasteiger partial charge in [-0.3, -0.25) is 4.79 Å². The minimum atomic E-state index is -3.74. The zero-order chi connectivity index (χ0) is 21.4. The molecule has 31 heavy (non-hydrogen) atoms. The number of carbonyl (C=O) groups is 1. The summed E-state index contributed by atoms with van der Waals surface area (Å²) in [5.74, 6) is -0.175. The number of hydrogen-bond acceptors (Lipinski definition) is 8. The van der Waals surface area contributed by atoms with E-state index in [1.54, 1.807) is 23.1 Å². The van der Waals surface area contributed by atoms with E-state index >= 15 is 0 Å². The number of sulfonamides is 1. The molecule has 9 nitrogen and oxygen atoms in total. The molecule has 1 aliphatic rings. The van der Waals surface area contributed by atoms with Crippen molar-refractivity contribution in [3.05, 3.63) is 60.4 Å². The van der Waals surface area contributed by atoms with Crippen LogP contribution in [0.5, 0.6) is 0 Å². The first-order chi connectivity index (χ1) is 15.0. The number of nitrogens with zero attached hydrogens (tertiary/aromatic N) is 5. The second kappa shape index (κ2) is 7.84. The van der Waals surface area contributed by atoms with Crippen LogP contribution in [0.1, 0.15) is 10.6 Å². The van der Waals surface area contributed by atoms with Crippen LogP contribution in [0.3, 0.4) is 0 Å². The molecule has 11 heteroatoms. The van der Waals surface area contributed by atoms with E-state index in [1.165, 1.54) is 10.4 Å². The molecule has 1 amide bonds. The Morgan fingerprint density at radius 2 is 1.74 bits per heavy atom. The normalized spacial score (nSPS) is 15.4. The molecule has 1 saturated heterocycles. The first-order valence-electron chi connectivity index (χ1n) is 9.57. The molecule has 0 radical (unpaired) electrons. The summed E-state index contributed by atoms with van der Waals surface area (Å²) in [5.41, 5.74) is 2.36. The molecule has 2 aromatic carbocycles. The molecular weight excluding hydrogens is 438 g/mol. The second-order valence-corrected chi connectivity index (χ2v) is 9.46. The first kappa shape index (κ1) is 19.8. The van der Waals surface area contributed by atoms with Gasteiger partial charge in [0.1, 0.15) is 21.6 Å². The van der Waals surface area contributed by atoms with Crippen LogP contribution >= 0.6 is 11.7 Å². The van der Waals surface area contributed by atoms with Gasteiger partial charge in [0.2, 0.25) is 15.8 Å². The number of rotatable bonds is 4. The highest BCUT2D eigenvalue weighted by atomic mass is 32.2. The molecule has 0 spiro atoms. The van der Waals surface area contributed by atoms with E-state index in [4.69, 9.17) is 4.52 Å². The van der Waals surface area contributed by atoms with Crippen molar-refractivity contribution in [2.24, 2.45) is 0 Å². The van der Waals surface area contributed by atoms with E-state index in [2.05, 4.69) is 13.9 Å². The van der Waals surface area contributed by atoms with Gasteiger partial charge in [0.25, 0.3) is 5.91 Å². The van der Waals surface area contributed by atoms with Gasteiger partial charge >= 0.3 is 0 Å². The van der Waals surface area contributed by atoms with Crippen LogP contribution in [0.4, 0.5) is 0 Å². The standard InChI is InChI=1S/C20H17N5O4S2/c26-20(17-13-16(21-29-17)14-5-2-1-3-6-14)24-9-11-25(12-10-24)31(27,28)18-8-4-7-15-19(18)23-30-22-15/h1-8,13H,9-12H2. The maximum atomic E-state index is 13.1. The Morgan fingerprint density at radius 3 is 2.52 bits per heavy atom. The zero-order valence-corrected chi connectivity index (χ0v) is 17.8. The number of carbonyl (C=O) groups excluding carboxylic acids is 1. The Labute approximate surface area is 182 Å². The highest BCUT2D eigenvalue weighted by Crippen LogP contribution is 2.26. The molecule has 0 aliphatic carbocycles. The molecule has 2 aromatic heterocycles. The molecule has 1 aliphatic heterocycles. The maximum Gasteiger partial charge on any atom is 0.292 e. The SMILES string of the molecule is O=C(c1cc(-c2ccccc2)no1)N1CCN(S(=O)(=O)c2cccc3nsnc23)CC1. The molecule has 158 valence electrons. The van der Waals surface area contributed by atoms with Crippen LogP contribution in [-0.4, -0.2) is 63.6 Å². The lowest BCUT2D eigenvalue weighted by Gasteiger charge is -2.33. The Hall–Kier alpha value is -3.15. The molecule has 3 heterocycles. The third kappa shape index (κ3) is 3.60. The minimum Gasteiger partial charge on any atom is -0.350 e. The van der Waals surface area contributed by atoms with Gasteiger partial charge in [-0.05, 0) is 12.1 Å². The average Bonchev–Trinajstić information content (AvgIpc) is 3.49. The van der Waals surface area contributed by atoms with Gasteiger partial charge in [0.15, 0.2) is 0 Å². The lowest BCUT2D eigenvalue weighted by atomic mass is 10.1. The van der Waals surface area contributed by atoms with Gasteiger partial charge in [0, 0.05) is 37.8 Å². The van der Waals surface area contributed by atoms with Gasteiger partial charge in [-0.25, -0.2) is 8.42 Å². The first-order valence-corrected chi connectivity index (χ1v) is 11.7. The van der Waals surface area contributed by atoms with Gasteiger partial charge in [0.05, 0.1) is 11.7 Å². The Kier molecular flexibility index (Phi) is 5.00. The third-order valence-corrected chi connectivity index (χ3v) is 7.66. The van der Waals surface area contributed by atoms with Crippen molar-refractivity contribution in [3.63, 3.8) is 0 Å². The Morgan fingerprint density at radius 1 is 0.968 bits per heavy atom. The number of amides is 1. The highest BCUT2D eigenvalue weighted by Gasteiger charge is 2.33. The summed E-state index contributed by atoms with van der Waals surface area (Å²) in [7, 11) is -3.74. The van der Waals surface area contributed by atoms with Crippen molar-refractivity contribution < 1.29 is 17.7 Å². The van der Waals surface area contributed by atoms with Crippen molar-refractivity contribution in [3.8, 4) is 11.3 Å². The van der Waals surface area contributed by atoms with Crippen LogP contribution in [0.15, 0.2) is 64.0 Å². The van der Waals surface area contributed by atoms with Crippen molar-refractivity contribution in [2.75, 3.05) is 26.2 Å². The predicted molar refractivity (Wildman–Crippen MR) is 114 cm³/mol. The molecule has 0 N–H and O–H groups in total. The number of hydrogen-bond donors (Lipinski definition) is 0. The molecule has 0 bridgehead atoms. The monoisotopic (exact) mass is 455 g/mol. The van der Waals surface area contributed by atoms with Gasteiger partial charge in [-0.1, -0.05) is 41.6 Å². The van der Waals surface area contributed by atoms with Crippen molar-refractivity contribution in [1.82, 2.24) is 23.1 Å². The Bertz CT molecular complexity index is 1340. The molecule has 0 unspecified atom stereocenters. The van der Waals surface area contributed by atoms with Crippen LogP contribution in [-0.2, 0) is 10.0 Å². The average molecular weight is 456 g/mol. The van der Waals surface area contributed by atoms with Crippen molar-refractivity contribution >= 4 is 38.7 Å². The number of aromatic nitrogens is 3. The molecule has 1 fully saturated rings. The lowest BCUT2D eigenvalue weighted by molar-refractivity contribution is 0.0656. The van der Waals surface area contributed by atoms with Crippen LogP contribution in [0.2, 0.25) is 0 Å². The van der Waals surface area contributed by atoms with Gasteiger partial charge < -0.3 is 9.42 Å². The van der Waals surface area contributed by atoms with Crippen molar-refractivity contribution in [2.45, 2.75) is 4.90 Å². The number of piperazine rings is 1. The fraction of sp³-hybridized carbons (Fsp3) is 0.200. The van der Waals surface area contributed by atoms with Crippen molar-refractivity contribution in [1.29, 1.82) is 0 Å². The lowest BCUT2D eigenvalue weighted by Crippen LogP contribution is -2.50. The number of fused-ring (bicyclic) bond motifs is 1. The summed E-state index contributed by atoms with van der Waals surface area (Å²) < 4.78 is 41.1. The van der Waals surface area contributed by atoms with E-state index < -0.39 is 10.0 Å². The second-order valence-electron chi connectivity index (χ2n) is 7.03. The third-order valence-electron chi connectivity index (χ3n) is 5.18. The summed E-state index contributed by atoms with van der Waals surface area (Å²) in [5, 5.41) is 3.98. The summed E-state index contributed by atoms with van der Waals surface area (Å²) >= 11 is 0.980. The zero-order valence-electron chi connectivity index (χ0n) is 16.2.